The van der Waals surface area contributed by atoms with Crippen molar-refractivity contribution < 1.29 is 23.7 Å². The summed E-state index contributed by atoms with van der Waals surface area (Å²) in [5.41, 5.74) is -0.830. The minimum Gasteiger partial charge on any atom is -0.370 e. The minimum absolute atomic E-state index is 0.179. The van der Waals surface area contributed by atoms with Crippen molar-refractivity contribution in [2.24, 2.45) is 0 Å². The third kappa shape index (κ3) is 0.841. The zero-order valence-electron chi connectivity index (χ0n) is 9.03. The molecule has 5 nitrogen and oxygen atoms in total. The van der Waals surface area contributed by atoms with E-state index in [0.717, 1.165) is 6.61 Å². The van der Waals surface area contributed by atoms with Crippen molar-refractivity contribution in [1.82, 2.24) is 0 Å². The second-order valence-corrected chi connectivity index (χ2v) is 5.42. The lowest BCUT2D eigenvalue weighted by Gasteiger charge is -2.36. The molecule has 0 saturated carbocycles. The van der Waals surface area contributed by atoms with Gasteiger partial charge in [-0.15, -0.1) is 0 Å². The summed E-state index contributed by atoms with van der Waals surface area (Å²) in [5.74, 6) is -1.37. The molecule has 0 radical (unpaired) electrons. The molecule has 4 heterocycles. The first-order valence-corrected chi connectivity index (χ1v) is 5.29. The Balaban J connectivity index is 1.58. The normalized spacial score (nSPS) is 59.8. The predicted octanol–water partition coefficient (Wildman–Crippen LogP) is 0.380. The third-order valence-corrected chi connectivity index (χ3v) is 3.71. The van der Waals surface area contributed by atoms with Gasteiger partial charge in [-0.3, -0.25) is 9.47 Å². The van der Waals surface area contributed by atoms with E-state index >= 15 is 0 Å². The first kappa shape index (κ1) is 8.90. The number of epoxide rings is 3. The van der Waals surface area contributed by atoms with Crippen molar-refractivity contribution in [3.8, 4) is 0 Å². The highest BCUT2D eigenvalue weighted by atomic mass is 17.2. The van der Waals surface area contributed by atoms with Gasteiger partial charge in [-0.1, -0.05) is 0 Å². The molecule has 4 aliphatic heterocycles. The van der Waals surface area contributed by atoms with Gasteiger partial charge in [-0.05, 0) is 20.8 Å². The van der Waals surface area contributed by atoms with Crippen LogP contribution in [0.25, 0.3) is 0 Å². The van der Waals surface area contributed by atoms with Crippen LogP contribution in [0.5, 0.6) is 0 Å². The molecule has 0 bridgehead atoms. The number of rotatable bonds is 3. The van der Waals surface area contributed by atoms with E-state index in [9.17, 15) is 0 Å². The SMILES string of the molecule is CC(C)(OC1(C)COC23OC12O3)C1CO1. The molecule has 4 saturated heterocycles. The maximum atomic E-state index is 6.10. The number of hydrogen-bond donors (Lipinski definition) is 0. The predicted molar refractivity (Wildman–Crippen MR) is 46.9 cm³/mol. The monoisotopic (exact) mass is 214 g/mol. The van der Waals surface area contributed by atoms with E-state index in [1.165, 1.54) is 0 Å². The topological polar surface area (TPSA) is 56.1 Å². The molecule has 2 unspecified atom stereocenters. The molecule has 2 atom stereocenters. The highest BCUT2D eigenvalue weighted by Gasteiger charge is 3.04. The summed E-state index contributed by atoms with van der Waals surface area (Å²) in [6.45, 7) is 7.31. The van der Waals surface area contributed by atoms with Crippen LogP contribution in [0.15, 0.2) is 0 Å². The molecular weight excluding hydrogens is 200 g/mol. The number of hydrogen-bond acceptors (Lipinski definition) is 5. The van der Waals surface area contributed by atoms with Crippen LogP contribution in [-0.4, -0.2) is 42.3 Å². The molecule has 0 amide bonds. The van der Waals surface area contributed by atoms with Gasteiger partial charge in [0.2, 0.25) is 0 Å². The average molecular weight is 214 g/mol. The maximum absolute atomic E-state index is 6.10. The lowest BCUT2D eigenvalue weighted by molar-refractivity contribution is -0.320. The number of ether oxygens (including phenoxy) is 5. The fraction of sp³-hybridized carbons (Fsp3) is 1.00. The van der Waals surface area contributed by atoms with Crippen molar-refractivity contribution in [3.63, 3.8) is 0 Å². The molecule has 5 heteroatoms. The van der Waals surface area contributed by atoms with Crippen LogP contribution in [-0.2, 0) is 23.7 Å². The van der Waals surface area contributed by atoms with E-state index in [0.29, 0.717) is 6.61 Å². The van der Waals surface area contributed by atoms with Crippen LogP contribution in [0.1, 0.15) is 20.8 Å². The Morgan fingerprint density at radius 2 is 2.00 bits per heavy atom. The summed E-state index contributed by atoms with van der Waals surface area (Å²) in [5, 5.41) is 0. The van der Waals surface area contributed by atoms with Crippen LogP contribution in [0, 0.1) is 0 Å². The van der Waals surface area contributed by atoms with E-state index < -0.39 is 17.4 Å². The van der Waals surface area contributed by atoms with E-state index in [2.05, 4.69) is 0 Å². The zero-order valence-corrected chi connectivity index (χ0v) is 9.03. The summed E-state index contributed by atoms with van der Waals surface area (Å²) in [4.78, 5) is 0. The highest BCUT2D eigenvalue weighted by Crippen LogP contribution is 2.77. The average Bonchev–Trinajstić information content (AvgIpc) is 2.95. The first-order valence-electron chi connectivity index (χ1n) is 5.29. The molecular formula is C10H14O5. The Bertz CT molecular complexity index is 342. The summed E-state index contributed by atoms with van der Waals surface area (Å²) >= 11 is 0. The Morgan fingerprint density at radius 1 is 1.33 bits per heavy atom. The smallest absolute Gasteiger partial charge is 0.349 e. The fourth-order valence-electron chi connectivity index (χ4n) is 2.55. The molecule has 15 heavy (non-hydrogen) atoms. The van der Waals surface area contributed by atoms with Gasteiger partial charge in [0.25, 0.3) is 5.79 Å². The molecule has 84 valence electrons. The Kier molecular flexibility index (Phi) is 1.17. The van der Waals surface area contributed by atoms with Crippen LogP contribution in [0.3, 0.4) is 0 Å². The van der Waals surface area contributed by atoms with Gasteiger partial charge in [-0.2, -0.15) is 0 Å². The van der Waals surface area contributed by atoms with Crippen LogP contribution in [0.2, 0.25) is 0 Å². The van der Waals surface area contributed by atoms with Crippen molar-refractivity contribution >= 4 is 0 Å². The molecule has 0 spiro atoms. The van der Waals surface area contributed by atoms with Gasteiger partial charge in [0.05, 0.1) is 18.8 Å². The van der Waals surface area contributed by atoms with E-state index in [1.54, 1.807) is 0 Å². The molecule has 0 N–H and O–H groups in total. The lowest BCUT2D eigenvalue weighted by atomic mass is 9.99. The van der Waals surface area contributed by atoms with Gasteiger partial charge in [0.15, 0.2) is 5.60 Å². The van der Waals surface area contributed by atoms with E-state index in [1.807, 2.05) is 20.8 Å². The molecule has 0 aromatic rings. The van der Waals surface area contributed by atoms with Gasteiger partial charge < -0.3 is 14.2 Å². The van der Waals surface area contributed by atoms with E-state index in [-0.39, 0.29) is 11.7 Å². The van der Waals surface area contributed by atoms with Gasteiger partial charge in [-0.25, -0.2) is 0 Å². The largest absolute Gasteiger partial charge is 0.370 e. The second kappa shape index (κ2) is 1.98. The molecule has 4 aliphatic rings. The van der Waals surface area contributed by atoms with Crippen molar-refractivity contribution in [3.05, 3.63) is 0 Å². The van der Waals surface area contributed by atoms with Crippen LogP contribution < -0.4 is 0 Å². The summed E-state index contributed by atoms with van der Waals surface area (Å²) < 4.78 is 27.5. The molecule has 0 aromatic heterocycles. The third-order valence-electron chi connectivity index (χ3n) is 3.71. The quantitative estimate of drug-likeness (QED) is 0.636. The maximum Gasteiger partial charge on any atom is 0.349 e. The molecule has 4 rings (SSSR count). The summed E-state index contributed by atoms with van der Waals surface area (Å²) in [7, 11) is 0. The molecule has 4 fully saturated rings. The van der Waals surface area contributed by atoms with Gasteiger partial charge >= 0.3 is 5.97 Å². The van der Waals surface area contributed by atoms with Crippen molar-refractivity contribution in [1.29, 1.82) is 0 Å². The second-order valence-electron chi connectivity index (χ2n) is 5.42. The Hall–Kier alpha value is -0.200. The van der Waals surface area contributed by atoms with Crippen molar-refractivity contribution in [2.45, 2.75) is 49.8 Å². The van der Waals surface area contributed by atoms with Gasteiger partial charge in [0, 0.05) is 0 Å². The van der Waals surface area contributed by atoms with Crippen LogP contribution >= 0.6 is 0 Å². The van der Waals surface area contributed by atoms with Crippen molar-refractivity contribution in [2.75, 3.05) is 13.2 Å². The molecule has 0 aromatic carbocycles. The summed E-state index contributed by atoms with van der Waals surface area (Å²) in [6.07, 6.45) is 0.179. The zero-order chi connectivity index (χ0) is 10.5. The fourth-order valence-corrected chi connectivity index (χ4v) is 2.55. The van der Waals surface area contributed by atoms with Gasteiger partial charge in [0.1, 0.15) is 6.10 Å². The standard InChI is InChI=1S/C10H14O5/c1-7(2,6-4-11-6)13-8(3)5-12-10-9(8,14-10)15-10/h6H,4-5H2,1-3H3. The Labute approximate surface area is 87.6 Å². The first-order chi connectivity index (χ1) is 6.93. The highest BCUT2D eigenvalue weighted by molar-refractivity contribution is 5.27. The van der Waals surface area contributed by atoms with E-state index in [4.69, 9.17) is 23.7 Å². The van der Waals surface area contributed by atoms with Crippen LogP contribution in [0.4, 0.5) is 0 Å². The Morgan fingerprint density at radius 3 is 2.40 bits per heavy atom. The lowest BCUT2D eigenvalue weighted by Crippen LogP contribution is -2.51. The molecule has 0 aliphatic carbocycles. The minimum atomic E-state index is -0.748. The summed E-state index contributed by atoms with van der Waals surface area (Å²) in [6, 6.07) is 0.